The molecule has 0 unspecified atom stereocenters. The van der Waals surface area contributed by atoms with Gasteiger partial charge >= 0.3 is 8.80 Å². The van der Waals surface area contributed by atoms with E-state index < -0.39 is 14.3 Å². The van der Waals surface area contributed by atoms with Crippen LogP contribution in [0.25, 0.3) is 0 Å². The average molecular weight is 225 g/mol. The highest BCUT2D eigenvalue weighted by Crippen LogP contribution is 2.20. The molecule has 14 heavy (non-hydrogen) atoms. The third-order valence-electron chi connectivity index (χ3n) is 2.18. The van der Waals surface area contributed by atoms with Gasteiger partial charge in [-0.1, -0.05) is 0 Å². The molecule has 86 valence electrons. The Bertz CT molecular complexity index is 155. The molecule has 0 fully saturated rings. The van der Waals surface area contributed by atoms with Crippen LogP contribution >= 0.6 is 0 Å². The molecule has 0 aromatic rings. The molecule has 0 bridgehead atoms. The molecule has 0 aliphatic rings. The van der Waals surface area contributed by atoms with Crippen molar-refractivity contribution in [3.63, 3.8) is 0 Å². The Morgan fingerprint density at radius 3 is 1.64 bits per heavy atom. The van der Waals surface area contributed by atoms with Crippen molar-refractivity contribution in [2.75, 3.05) is 13.2 Å². The summed E-state index contributed by atoms with van der Waals surface area (Å²) in [5.74, 6) is 0. The molecule has 0 spiro atoms. The van der Waals surface area contributed by atoms with Crippen molar-refractivity contribution in [3.05, 3.63) is 0 Å². The van der Waals surface area contributed by atoms with Crippen LogP contribution in [0.2, 0.25) is 6.04 Å². The van der Waals surface area contributed by atoms with Gasteiger partial charge in [0.15, 0.2) is 0 Å². The maximum Gasteiger partial charge on any atom is 0.492 e. The fourth-order valence-electron chi connectivity index (χ4n) is 1.24. The highest BCUT2D eigenvalue weighted by molar-refractivity contribution is 6.56. The smallest absolute Gasteiger partial charge is 0.396 e. The second kappa shape index (κ2) is 5.76. The van der Waals surface area contributed by atoms with Gasteiger partial charge in [-0.15, -0.1) is 0 Å². The van der Waals surface area contributed by atoms with Crippen molar-refractivity contribution < 1.29 is 24.6 Å². The highest BCUT2D eigenvalue weighted by atomic mass is 28.4. The van der Waals surface area contributed by atoms with Crippen molar-refractivity contribution in [1.29, 1.82) is 0 Å². The molecule has 0 rings (SSSR count). The van der Waals surface area contributed by atoms with Gasteiger partial charge in [0.2, 0.25) is 0 Å². The molecule has 0 saturated carbocycles. The Kier molecular flexibility index (Phi) is 5.75. The zero-order valence-electron chi connectivity index (χ0n) is 8.06. The third kappa shape index (κ3) is 6.43. The molecular weight excluding hydrogens is 206 g/mol. The summed E-state index contributed by atoms with van der Waals surface area (Å²) in [5.41, 5.74) is 4.96. The topological polar surface area (TPSA) is 127 Å². The molecule has 0 atom stereocenters. The molecule has 0 aliphatic heterocycles. The van der Waals surface area contributed by atoms with E-state index in [2.05, 4.69) is 0 Å². The molecule has 0 saturated heterocycles. The van der Waals surface area contributed by atoms with E-state index in [1.54, 1.807) is 0 Å². The highest BCUT2D eigenvalue weighted by Gasteiger charge is 2.32. The van der Waals surface area contributed by atoms with Gasteiger partial charge in [-0.2, -0.15) is 0 Å². The lowest BCUT2D eigenvalue weighted by atomic mass is 9.90. The maximum atomic E-state index is 8.79. The summed E-state index contributed by atoms with van der Waals surface area (Å²) in [7, 11) is -4.07. The van der Waals surface area contributed by atoms with Gasteiger partial charge < -0.3 is 30.3 Å². The number of hydrogen-bond donors (Lipinski definition) is 6. The van der Waals surface area contributed by atoms with E-state index in [0.29, 0.717) is 0 Å². The van der Waals surface area contributed by atoms with E-state index in [9.17, 15) is 0 Å². The van der Waals surface area contributed by atoms with Gasteiger partial charge in [-0.3, -0.25) is 0 Å². The summed E-state index contributed by atoms with van der Waals surface area (Å²) < 4.78 is 0. The van der Waals surface area contributed by atoms with Gasteiger partial charge in [0.25, 0.3) is 0 Å². The Hall–Kier alpha value is -0.0231. The predicted octanol–water partition coefficient (Wildman–Crippen LogP) is -2.25. The zero-order valence-corrected chi connectivity index (χ0v) is 9.06. The first-order chi connectivity index (χ1) is 6.33. The fraction of sp³-hybridized carbons (Fsp3) is 1.00. The first kappa shape index (κ1) is 14.0. The second-order valence-corrected chi connectivity index (χ2v) is 5.63. The lowest BCUT2D eigenvalue weighted by Gasteiger charge is -2.29. The average Bonchev–Trinajstić information content (AvgIpc) is 2.01. The summed E-state index contributed by atoms with van der Waals surface area (Å²) in [6.45, 7) is -0.263. The molecule has 7 N–H and O–H groups in total. The van der Waals surface area contributed by atoms with Gasteiger partial charge in [0.05, 0.1) is 0 Å². The quantitative estimate of drug-likeness (QED) is 0.272. The van der Waals surface area contributed by atoms with Crippen molar-refractivity contribution in [2.45, 2.75) is 30.8 Å². The number of rotatable bonds is 7. The lowest BCUT2D eigenvalue weighted by molar-refractivity contribution is 0.176. The molecule has 0 radical (unpaired) electrons. The van der Waals surface area contributed by atoms with Gasteiger partial charge in [-0.05, 0) is 19.3 Å². The Morgan fingerprint density at radius 1 is 0.929 bits per heavy atom. The minimum Gasteiger partial charge on any atom is -0.396 e. The second-order valence-electron chi connectivity index (χ2n) is 3.58. The number of nitrogens with two attached hydrogens (primary N) is 1. The molecule has 7 heteroatoms. The molecule has 0 amide bonds. The fourth-order valence-corrected chi connectivity index (χ4v) is 2.07. The molecule has 0 aromatic carbocycles. The van der Waals surface area contributed by atoms with E-state index >= 15 is 0 Å². The SMILES string of the molecule is NC(CCO)(CCO)CC[Si](O)(O)O. The zero-order chi connectivity index (χ0) is 11.2. The minimum absolute atomic E-state index is 0.132. The van der Waals surface area contributed by atoms with Gasteiger partial charge in [-0.25, -0.2) is 0 Å². The molecule has 0 heterocycles. The maximum absolute atomic E-state index is 8.79. The summed E-state index contributed by atoms with van der Waals surface area (Å²) >= 11 is 0. The summed E-state index contributed by atoms with van der Waals surface area (Å²) in [5, 5.41) is 17.4. The van der Waals surface area contributed by atoms with Crippen molar-refractivity contribution in [2.24, 2.45) is 5.73 Å². The minimum atomic E-state index is -4.07. The van der Waals surface area contributed by atoms with Crippen LogP contribution in [0.3, 0.4) is 0 Å². The van der Waals surface area contributed by atoms with E-state index in [1.165, 1.54) is 0 Å². The van der Waals surface area contributed by atoms with Crippen LogP contribution in [0.4, 0.5) is 0 Å². The molecule has 0 aliphatic carbocycles. The first-order valence-electron chi connectivity index (χ1n) is 4.51. The first-order valence-corrected chi connectivity index (χ1v) is 6.55. The van der Waals surface area contributed by atoms with Gasteiger partial charge in [0, 0.05) is 24.8 Å². The van der Waals surface area contributed by atoms with Crippen LogP contribution in [0.5, 0.6) is 0 Å². The standard InChI is InChI=1S/C7H19NO5Si/c8-7(1-4-9,2-5-10)3-6-14(11,12)13/h9-13H,1-6,8H2. The molecule has 0 aromatic heterocycles. The van der Waals surface area contributed by atoms with Crippen LogP contribution in [0.15, 0.2) is 0 Å². The number of aliphatic hydroxyl groups is 2. The van der Waals surface area contributed by atoms with E-state index in [0.717, 1.165) is 0 Å². The number of hydrogen-bond acceptors (Lipinski definition) is 6. The Morgan fingerprint density at radius 2 is 1.36 bits per heavy atom. The monoisotopic (exact) mass is 225 g/mol. The Balaban J connectivity index is 4.08. The summed E-state index contributed by atoms with van der Waals surface area (Å²) in [4.78, 5) is 26.4. The lowest BCUT2D eigenvalue weighted by Crippen LogP contribution is -2.45. The molecular formula is C7H19NO5Si. The third-order valence-corrected chi connectivity index (χ3v) is 3.10. The van der Waals surface area contributed by atoms with E-state index in [1.807, 2.05) is 0 Å². The molecule has 6 nitrogen and oxygen atoms in total. The van der Waals surface area contributed by atoms with Crippen molar-refractivity contribution in [1.82, 2.24) is 0 Å². The number of aliphatic hydroxyl groups excluding tert-OH is 2. The normalized spacial score (nSPS) is 13.3. The Labute approximate surface area is 84.0 Å². The van der Waals surface area contributed by atoms with Crippen LogP contribution in [-0.4, -0.2) is 52.2 Å². The van der Waals surface area contributed by atoms with Crippen molar-refractivity contribution >= 4 is 8.80 Å². The summed E-state index contributed by atoms with van der Waals surface area (Å²) in [6, 6.07) is -0.177. The van der Waals surface area contributed by atoms with E-state index in [-0.39, 0.29) is 38.5 Å². The van der Waals surface area contributed by atoms with Crippen LogP contribution < -0.4 is 5.73 Å². The van der Waals surface area contributed by atoms with Gasteiger partial charge in [0.1, 0.15) is 0 Å². The van der Waals surface area contributed by atoms with Crippen molar-refractivity contribution in [3.8, 4) is 0 Å². The largest absolute Gasteiger partial charge is 0.492 e. The predicted molar refractivity (Wildman–Crippen MR) is 52.2 cm³/mol. The summed E-state index contributed by atoms with van der Waals surface area (Å²) in [6.07, 6.45) is 0.694. The van der Waals surface area contributed by atoms with E-state index in [4.69, 9.17) is 30.3 Å². The van der Waals surface area contributed by atoms with Crippen LogP contribution in [-0.2, 0) is 0 Å². The van der Waals surface area contributed by atoms with Crippen LogP contribution in [0.1, 0.15) is 19.3 Å². The van der Waals surface area contributed by atoms with Crippen LogP contribution in [0, 0.1) is 0 Å².